The van der Waals surface area contributed by atoms with Crippen molar-refractivity contribution >= 4 is 45.8 Å². The number of carboxylic acid groups (broad SMARTS) is 1. The number of nitrogens with zero attached hydrogens (tertiary/aromatic N) is 2. The number of carbonyl (C=O) groups excluding carboxylic acids is 1. The fourth-order valence-corrected chi connectivity index (χ4v) is 3.90. The van der Waals surface area contributed by atoms with Gasteiger partial charge in [0.25, 0.3) is 0 Å². The van der Waals surface area contributed by atoms with Crippen LogP contribution in [0, 0.1) is 11.6 Å². The molecule has 8 nitrogen and oxygen atoms in total. The van der Waals surface area contributed by atoms with Gasteiger partial charge in [0.2, 0.25) is 5.91 Å². The van der Waals surface area contributed by atoms with Gasteiger partial charge in [-0.15, -0.1) is 0 Å². The molecular formula is C26H19F2N3O5S. The Hall–Kier alpha value is -4.64. The van der Waals surface area contributed by atoms with Gasteiger partial charge in [0, 0.05) is 17.6 Å². The number of hydrogen-bond donors (Lipinski definition) is 2. The van der Waals surface area contributed by atoms with E-state index < -0.39 is 35.0 Å². The molecule has 0 saturated carbocycles. The topological polar surface area (TPSA) is 115 Å². The lowest BCUT2D eigenvalue weighted by Gasteiger charge is -2.22. The molecule has 0 bridgehead atoms. The zero-order valence-electron chi connectivity index (χ0n) is 19.3. The van der Waals surface area contributed by atoms with Gasteiger partial charge in [-0.05, 0) is 48.1 Å². The van der Waals surface area contributed by atoms with Crippen LogP contribution in [0.2, 0.25) is 0 Å². The van der Waals surface area contributed by atoms with Crippen molar-refractivity contribution in [2.75, 3.05) is 12.0 Å². The number of aromatic carboxylic acids is 1. The number of ether oxygens (including phenoxy) is 2. The van der Waals surface area contributed by atoms with Gasteiger partial charge in [-0.25, -0.2) is 13.6 Å². The molecule has 0 unspecified atom stereocenters. The van der Waals surface area contributed by atoms with Crippen molar-refractivity contribution < 1.29 is 33.0 Å². The smallest absolute Gasteiger partial charge is 0.339 e. The Bertz CT molecular complexity index is 1550. The Balaban J connectivity index is 1.73. The Labute approximate surface area is 214 Å². The first-order valence-corrected chi connectivity index (χ1v) is 11.1. The predicted molar refractivity (Wildman–Crippen MR) is 136 cm³/mol. The summed E-state index contributed by atoms with van der Waals surface area (Å²) in [5.74, 6) is -3.64. The second-order valence-corrected chi connectivity index (χ2v) is 8.13. The molecule has 4 aromatic rings. The molecule has 0 spiro atoms. The number of anilines is 1. The zero-order chi connectivity index (χ0) is 26.7. The van der Waals surface area contributed by atoms with E-state index in [2.05, 4.69) is 4.98 Å². The highest BCUT2D eigenvalue weighted by Gasteiger charge is 2.25. The van der Waals surface area contributed by atoms with Crippen molar-refractivity contribution in [3.05, 3.63) is 89.6 Å². The summed E-state index contributed by atoms with van der Waals surface area (Å²) in [6.45, 7) is 0. The predicted octanol–water partition coefficient (Wildman–Crippen LogP) is 4.83. The number of amides is 1. The molecule has 1 heterocycles. The summed E-state index contributed by atoms with van der Waals surface area (Å²) in [5.41, 5.74) is 5.75. The number of rotatable bonds is 7. The molecule has 1 aromatic heterocycles. The van der Waals surface area contributed by atoms with E-state index in [0.29, 0.717) is 5.52 Å². The van der Waals surface area contributed by atoms with E-state index >= 15 is 4.39 Å². The van der Waals surface area contributed by atoms with Crippen molar-refractivity contribution in [2.24, 2.45) is 5.73 Å². The number of hydrogen-bond acceptors (Lipinski definition) is 6. The van der Waals surface area contributed by atoms with Gasteiger partial charge in [-0.1, -0.05) is 24.3 Å². The maximum atomic E-state index is 15.6. The third-order valence-electron chi connectivity index (χ3n) is 5.43. The van der Waals surface area contributed by atoms with Gasteiger partial charge in [0.05, 0.1) is 24.7 Å². The van der Waals surface area contributed by atoms with E-state index in [1.54, 1.807) is 6.07 Å². The molecule has 0 aliphatic carbocycles. The highest BCUT2D eigenvalue weighted by molar-refractivity contribution is 7.80. The molecule has 0 aliphatic rings. The average molecular weight is 524 g/mol. The fraction of sp³-hybridized carbons (Fsp3) is 0.0769. The summed E-state index contributed by atoms with van der Waals surface area (Å²) in [4.78, 5) is 29.6. The summed E-state index contributed by atoms with van der Waals surface area (Å²) in [6.07, 6.45) is 0.988. The first-order valence-electron chi connectivity index (χ1n) is 10.7. The maximum Gasteiger partial charge on any atom is 0.339 e. The van der Waals surface area contributed by atoms with E-state index in [1.807, 2.05) is 0 Å². The van der Waals surface area contributed by atoms with Gasteiger partial charge in [0.1, 0.15) is 22.9 Å². The van der Waals surface area contributed by atoms with Crippen molar-refractivity contribution in [1.29, 1.82) is 0 Å². The number of carboxylic acids is 1. The van der Waals surface area contributed by atoms with Crippen molar-refractivity contribution in [2.45, 2.75) is 6.42 Å². The van der Waals surface area contributed by atoms with Gasteiger partial charge in [-0.2, -0.15) is 0 Å². The van der Waals surface area contributed by atoms with E-state index in [-0.39, 0.29) is 39.4 Å². The van der Waals surface area contributed by atoms with Gasteiger partial charge in [0.15, 0.2) is 16.7 Å². The summed E-state index contributed by atoms with van der Waals surface area (Å²) in [5, 5.41) is 9.36. The van der Waals surface area contributed by atoms with Crippen LogP contribution in [0.25, 0.3) is 10.9 Å². The lowest BCUT2D eigenvalue weighted by molar-refractivity contribution is -0.117. The van der Waals surface area contributed by atoms with Gasteiger partial charge < -0.3 is 20.3 Å². The molecule has 188 valence electrons. The molecule has 37 heavy (non-hydrogen) atoms. The number of benzene rings is 3. The van der Waals surface area contributed by atoms with Crippen LogP contribution in [0.15, 0.2) is 66.9 Å². The van der Waals surface area contributed by atoms with Crippen LogP contribution < -0.4 is 20.1 Å². The molecular weight excluding hydrogens is 504 g/mol. The molecule has 0 atom stereocenters. The van der Waals surface area contributed by atoms with E-state index in [0.717, 1.165) is 4.90 Å². The minimum atomic E-state index is -1.23. The number of halogens is 2. The summed E-state index contributed by atoms with van der Waals surface area (Å²) in [6, 6.07) is 13.8. The fourth-order valence-electron chi connectivity index (χ4n) is 3.70. The van der Waals surface area contributed by atoms with Crippen LogP contribution in [0.5, 0.6) is 17.2 Å². The molecule has 1 amide bonds. The van der Waals surface area contributed by atoms with E-state index in [4.69, 9.17) is 27.4 Å². The Morgan fingerprint density at radius 2 is 1.81 bits per heavy atom. The van der Waals surface area contributed by atoms with Crippen molar-refractivity contribution in [1.82, 2.24) is 4.98 Å². The molecule has 0 fully saturated rings. The van der Waals surface area contributed by atoms with Crippen molar-refractivity contribution in [3.8, 4) is 17.2 Å². The number of methoxy groups -OCH3 is 1. The first kappa shape index (κ1) is 25.5. The minimum absolute atomic E-state index is 0.0921. The summed E-state index contributed by atoms with van der Waals surface area (Å²) < 4.78 is 40.6. The number of nitrogens with two attached hydrogens (primary N) is 1. The number of thiocarbonyl (C=S) groups is 1. The molecule has 0 radical (unpaired) electrons. The standard InChI is InChI=1S/C26H19F2N3O5S/c1-35-22-13-18-15(12-16(22)25(33)34)20(9-10-30-18)36-21-8-4-7-19(24(21)28)31(26(29)37)23(32)11-14-5-2-3-6-17(14)27/h2-10,12-13H,11H2,1H3,(H2,29,37)(H,33,34). The highest BCUT2D eigenvalue weighted by atomic mass is 32.1. The Morgan fingerprint density at radius 3 is 2.49 bits per heavy atom. The third kappa shape index (κ3) is 5.16. The van der Waals surface area contributed by atoms with Crippen LogP contribution >= 0.6 is 12.2 Å². The van der Waals surface area contributed by atoms with Gasteiger partial charge in [-0.3, -0.25) is 14.7 Å². The molecule has 0 aliphatic heterocycles. The summed E-state index contributed by atoms with van der Waals surface area (Å²) in [7, 11) is 1.33. The highest BCUT2D eigenvalue weighted by Crippen LogP contribution is 2.36. The second kappa shape index (κ2) is 10.5. The average Bonchev–Trinajstić information content (AvgIpc) is 2.86. The largest absolute Gasteiger partial charge is 0.496 e. The molecule has 0 saturated heterocycles. The van der Waals surface area contributed by atoms with Gasteiger partial charge >= 0.3 is 5.97 Å². The molecule has 4 rings (SSSR count). The summed E-state index contributed by atoms with van der Waals surface area (Å²) >= 11 is 4.99. The minimum Gasteiger partial charge on any atom is -0.496 e. The number of fused-ring (bicyclic) bond motifs is 1. The zero-order valence-corrected chi connectivity index (χ0v) is 20.1. The van der Waals surface area contributed by atoms with Crippen LogP contribution in [-0.2, 0) is 11.2 Å². The van der Waals surface area contributed by atoms with E-state index in [1.165, 1.54) is 67.9 Å². The quantitative estimate of drug-likeness (QED) is 0.331. The number of aromatic nitrogens is 1. The number of carbonyl (C=O) groups is 2. The SMILES string of the molecule is COc1cc2nccc(Oc3cccc(N(C(=O)Cc4ccccc4F)C(N)=S)c3F)c2cc1C(=O)O. The second-order valence-electron chi connectivity index (χ2n) is 7.71. The van der Waals surface area contributed by atoms with Crippen LogP contribution in [0.1, 0.15) is 15.9 Å². The molecule has 11 heteroatoms. The van der Waals surface area contributed by atoms with E-state index in [9.17, 15) is 19.1 Å². The Morgan fingerprint density at radius 1 is 1.05 bits per heavy atom. The number of pyridine rings is 1. The van der Waals surface area contributed by atoms with Crippen LogP contribution in [0.3, 0.4) is 0 Å². The first-order chi connectivity index (χ1) is 17.7. The van der Waals surface area contributed by atoms with Crippen LogP contribution in [-0.4, -0.2) is 34.2 Å². The Kier molecular flexibility index (Phi) is 7.25. The molecule has 3 aromatic carbocycles. The third-order valence-corrected chi connectivity index (χ3v) is 5.61. The lowest BCUT2D eigenvalue weighted by atomic mass is 10.1. The monoisotopic (exact) mass is 523 g/mol. The lowest BCUT2D eigenvalue weighted by Crippen LogP contribution is -2.42. The normalized spacial score (nSPS) is 10.7. The van der Waals surface area contributed by atoms with Crippen molar-refractivity contribution in [3.63, 3.8) is 0 Å². The maximum absolute atomic E-state index is 15.6. The van der Waals surface area contributed by atoms with Crippen LogP contribution in [0.4, 0.5) is 14.5 Å². The molecule has 3 N–H and O–H groups in total.